The summed E-state index contributed by atoms with van der Waals surface area (Å²) in [6.45, 7) is 5.17. The van der Waals surface area contributed by atoms with Gasteiger partial charge in [-0.15, -0.1) is 0 Å². The average Bonchev–Trinajstić information content (AvgIpc) is 2.37. The van der Waals surface area contributed by atoms with Crippen molar-refractivity contribution < 1.29 is 5.11 Å². The molecular weight excluding hydrogens is 304 g/mol. The van der Waals surface area contributed by atoms with E-state index in [-0.39, 0.29) is 11.8 Å². The fourth-order valence-electron chi connectivity index (χ4n) is 3.22. The molecule has 3 unspecified atom stereocenters. The zero-order valence-corrected chi connectivity index (χ0v) is 13.2. The van der Waals surface area contributed by atoms with E-state index in [1.54, 1.807) is 6.07 Å². The maximum absolute atomic E-state index is 9.62. The Balaban J connectivity index is 2.29. The van der Waals surface area contributed by atoms with Gasteiger partial charge in [0.15, 0.2) is 0 Å². The Labute approximate surface area is 123 Å². The van der Waals surface area contributed by atoms with E-state index in [0.717, 1.165) is 4.47 Å². The molecule has 0 aliphatic carbocycles. The lowest BCUT2D eigenvalue weighted by atomic mass is 9.92. The first-order chi connectivity index (χ1) is 9.04. The quantitative estimate of drug-likeness (QED) is 0.894. The topological polar surface area (TPSA) is 49.5 Å². The maximum Gasteiger partial charge on any atom is 0.129 e. The van der Waals surface area contributed by atoms with Crippen molar-refractivity contribution in [2.75, 3.05) is 6.54 Å². The Morgan fingerprint density at radius 1 is 1.37 bits per heavy atom. The number of rotatable bonds is 3. The lowest BCUT2D eigenvalue weighted by Crippen LogP contribution is -2.48. The molecule has 3 atom stereocenters. The summed E-state index contributed by atoms with van der Waals surface area (Å²) in [5, 5.41) is 9.62. The zero-order valence-electron chi connectivity index (χ0n) is 11.6. The zero-order chi connectivity index (χ0) is 14.0. The number of hydrogen-bond donors (Lipinski definition) is 2. The van der Waals surface area contributed by atoms with Crippen LogP contribution in [0.4, 0.5) is 0 Å². The predicted molar refractivity (Wildman–Crippen MR) is 82.2 cm³/mol. The van der Waals surface area contributed by atoms with Crippen LogP contribution in [0.15, 0.2) is 22.7 Å². The van der Waals surface area contributed by atoms with Crippen LogP contribution in [0.5, 0.6) is 5.75 Å². The van der Waals surface area contributed by atoms with E-state index in [1.165, 1.54) is 24.8 Å². The number of halogens is 1. The minimum absolute atomic E-state index is 0.224. The van der Waals surface area contributed by atoms with Crippen LogP contribution in [0.2, 0.25) is 0 Å². The average molecular weight is 327 g/mol. The SMILES string of the molecule is CC1CCCC(C)N1C(CN)c1ccc(O)c(Br)c1. The van der Waals surface area contributed by atoms with Crippen molar-refractivity contribution in [3.05, 3.63) is 28.2 Å². The Hall–Kier alpha value is -0.580. The van der Waals surface area contributed by atoms with E-state index in [9.17, 15) is 5.11 Å². The first-order valence-electron chi connectivity index (χ1n) is 7.00. The van der Waals surface area contributed by atoms with Gasteiger partial charge in [-0.1, -0.05) is 12.5 Å². The molecule has 1 fully saturated rings. The van der Waals surface area contributed by atoms with Gasteiger partial charge < -0.3 is 10.8 Å². The summed E-state index contributed by atoms with van der Waals surface area (Å²) in [6.07, 6.45) is 3.77. The standard InChI is InChI=1S/C15H23BrN2O/c1-10-4-3-5-11(2)18(10)14(9-17)12-6-7-15(19)13(16)8-12/h6-8,10-11,14,19H,3-5,9,17H2,1-2H3. The summed E-state index contributed by atoms with van der Waals surface area (Å²) >= 11 is 3.39. The van der Waals surface area contributed by atoms with E-state index in [2.05, 4.69) is 34.7 Å². The Morgan fingerprint density at radius 3 is 2.53 bits per heavy atom. The van der Waals surface area contributed by atoms with E-state index >= 15 is 0 Å². The van der Waals surface area contributed by atoms with E-state index in [4.69, 9.17) is 5.73 Å². The minimum atomic E-state index is 0.224. The smallest absolute Gasteiger partial charge is 0.129 e. The molecule has 0 spiro atoms. The van der Waals surface area contributed by atoms with Crippen LogP contribution in [0, 0.1) is 0 Å². The van der Waals surface area contributed by atoms with Crippen molar-refractivity contribution >= 4 is 15.9 Å². The Bertz CT molecular complexity index is 428. The summed E-state index contributed by atoms with van der Waals surface area (Å²) < 4.78 is 0.737. The molecule has 3 N–H and O–H groups in total. The summed E-state index contributed by atoms with van der Waals surface area (Å²) in [4.78, 5) is 2.53. The molecular formula is C15H23BrN2O. The molecule has 1 heterocycles. The van der Waals surface area contributed by atoms with Gasteiger partial charge in [0, 0.05) is 24.7 Å². The normalized spacial score (nSPS) is 26.3. The second-order valence-electron chi connectivity index (χ2n) is 5.54. The van der Waals surface area contributed by atoms with Gasteiger partial charge in [-0.2, -0.15) is 0 Å². The lowest BCUT2D eigenvalue weighted by molar-refractivity contribution is 0.0577. The molecule has 1 aromatic carbocycles. The van der Waals surface area contributed by atoms with Gasteiger partial charge >= 0.3 is 0 Å². The van der Waals surface area contributed by atoms with Gasteiger partial charge in [-0.25, -0.2) is 0 Å². The van der Waals surface area contributed by atoms with Crippen LogP contribution in [0.3, 0.4) is 0 Å². The summed E-state index contributed by atoms with van der Waals surface area (Å²) in [6, 6.07) is 7.05. The third-order valence-electron chi connectivity index (χ3n) is 4.20. The maximum atomic E-state index is 9.62. The third-order valence-corrected chi connectivity index (χ3v) is 4.84. The number of nitrogens with two attached hydrogens (primary N) is 1. The van der Waals surface area contributed by atoms with E-state index in [1.807, 2.05) is 12.1 Å². The third kappa shape index (κ3) is 3.12. The van der Waals surface area contributed by atoms with Crippen LogP contribution < -0.4 is 5.73 Å². The fraction of sp³-hybridized carbons (Fsp3) is 0.600. The molecule has 2 rings (SSSR count). The number of likely N-dealkylation sites (tertiary alicyclic amines) is 1. The Morgan fingerprint density at radius 2 is 2.00 bits per heavy atom. The highest BCUT2D eigenvalue weighted by Gasteiger charge is 2.31. The van der Waals surface area contributed by atoms with Crippen molar-refractivity contribution in [1.82, 2.24) is 4.90 Å². The number of aromatic hydroxyl groups is 1. The van der Waals surface area contributed by atoms with E-state index < -0.39 is 0 Å². The molecule has 0 bridgehead atoms. The van der Waals surface area contributed by atoms with Gasteiger partial charge in [-0.3, -0.25) is 4.90 Å². The second-order valence-corrected chi connectivity index (χ2v) is 6.39. The molecule has 0 aromatic heterocycles. The number of piperidine rings is 1. The van der Waals surface area contributed by atoms with Crippen molar-refractivity contribution in [3.8, 4) is 5.75 Å². The Kier molecular flexibility index (Phi) is 4.87. The van der Waals surface area contributed by atoms with Crippen molar-refractivity contribution in [1.29, 1.82) is 0 Å². The van der Waals surface area contributed by atoms with Crippen LogP contribution in [-0.4, -0.2) is 28.6 Å². The highest BCUT2D eigenvalue weighted by molar-refractivity contribution is 9.10. The minimum Gasteiger partial charge on any atom is -0.507 e. The summed E-state index contributed by atoms with van der Waals surface area (Å²) in [7, 11) is 0. The number of nitrogens with zero attached hydrogens (tertiary/aromatic N) is 1. The predicted octanol–water partition coefficient (Wildman–Crippen LogP) is 3.42. The van der Waals surface area contributed by atoms with Crippen molar-refractivity contribution in [3.63, 3.8) is 0 Å². The first-order valence-corrected chi connectivity index (χ1v) is 7.79. The molecule has 1 aromatic rings. The highest BCUT2D eigenvalue weighted by atomic mass is 79.9. The van der Waals surface area contributed by atoms with Gasteiger partial charge in [0.05, 0.1) is 4.47 Å². The van der Waals surface area contributed by atoms with Crippen LogP contribution in [0.1, 0.15) is 44.7 Å². The summed E-state index contributed by atoms with van der Waals surface area (Å²) in [5.74, 6) is 0.277. The molecule has 1 saturated heterocycles. The first kappa shape index (κ1) is 14.8. The van der Waals surface area contributed by atoms with Gasteiger partial charge in [0.2, 0.25) is 0 Å². The molecule has 19 heavy (non-hydrogen) atoms. The monoisotopic (exact) mass is 326 g/mol. The van der Waals surface area contributed by atoms with Gasteiger partial charge in [0.1, 0.15) is 5.75 Å². The molecule has 1 aliphatic heterocycles. The van der Waals surface area contributed by atoms with Gasteiger partial charge in [0.25, 0.3) is 0 Å². The molecule has 106 valence electrons. The summed E-state index contributed by atoms with van der Waals surface area (Å²) in [5.41, 5.74) is 7.20. The number of phenolic OH excluding ortho intramolecular Hbond substituents is 1. The van der Waals surface area contributed by atoms with Crippen LogP contribution in [0.25, 0.3) is 0 Å². The van der Waals surface area contributed by atoms with Gasteiger partial charge in [-0.05, 0) is 60.3 Å². The molecule has 3 nitrogen and oxygen atoms in total. The number of phenols is 1. The molecule has 1 aliphatic rings. The largest absolute Gasteiger partial charge is 0.507 e. The molecule has 0 amide bonds. The molecule has 0 radical (unpaired) electrons. The number of benzene rings is 1. The fourth-order valence-corrected chi connectivity index (χ4v) is 3.61. The van der Waals surface area contributed by atoms with Crippen molar-refractivity contribution in [2.45, 2.75) is 51.2 Å². The van der Waals surface area contributed by atoms with Crippen LogP contribution in [-0.2, 0) is 0 Å². The second kappa shape index (κ2) is 6.25. The highest BCUT2D eigenvalue weighted by Crippen LogP contribution is 2.34. The van der Waals surface area contributed by atoms with Crippen LogP contribution >= 0.6 is 15.9 Å². The number of hydrogen-bond acceptors (Lipinski definition) is 3. The molecule has 4 heteroatoms. The van der Waals surface area contributed by atoms with E-state index in [0.29, 0.717) is 18.6 Å². The lowest BCUT2D eigenvalue weighted by Gasteiger charge is -2.44. The van der Waals surface area contributed by atoms with Crippen molar-refractivity contribution in [2.24, 2.45) is 5.73 Å². The molecule has 0 saturated carbocycles.